The number of H-pyrrole nitrogens is 2. The molecule has 2 heterocycles. The average molecular weight is 310 g/mol. The van der Waals surface area contributed by atoms with Gasteiger partial charge in [-0.05, 0) is 18.9 Å². The van der Waals surface area contributed by atoms with Crippen molar-refractivity contribution in [3.8, 4) is 0 Å². The van der Waals surface area contributed by atoms with Crippen LogP contribution in [0.2, 0.25) is 10.2 Å². The molecule has 0 spiro atoms. The number of aryl methyl sites for hydroxylation is 1. The van der Waals surface area contributed by atoms with Gasteiger partial charge in [0, 0.05) is 16.5 Å². The second-order valence-electron chi connectivity index (χ2n) is 5.18. The van der Waals surface area contributed by atoms with Crippen LogP contribution in [0.4, 0.5) is 0 Å². The van der Waals surface area contributed by atoms with Crippen LogP contribution in [0.15, 0.2) is 10.9 Å². The maximum Gasteiger partial charge on any atom is 0.271 e. The molecule has 0 atom stereocenters. The average Bonchev–Trinajstić information content (AvgIpc) is 2.73. The van der Waals surface area contributed by atoms with E-state index in [0.29, 0.717) is 21.1 Å². The Bertz CT molecular complexity index is 893. The lowest BCUT2D eigenvalue weighted by Crippen LogP contribution is -2.00. The molecule has 3 rings (SSSR count). The number of pyridine rings is 1. The minimum absolute atomic E-state index is 0.160. The molecule has 0 amide bonds. The van der Waals surface area contributed by atoms with Crippen LogP contribution >= 0.6 is 23.2 Å². The zero-order chi connectivity index (χ0) is 14.6. The van der Waals surface area contributed by atoms with Crippen LogP contribution in [-0.2, 0) is 0 Å². The van der Waals surface area contributed by atoms with E-state index in [2.05, 4.69) is 15.2 Å². The molecule has 0 saturated heterocycles. The third-order valence-electron chi connectivity index (χ3n) is 3.57. The standard InChI is InChI=1S/C14H13Cl2N3O/c1-5(2)9-10(15)7-4-8-12(18-19-14(8)20)6(3)11(7)17-13(9)16/h4-5H,1-3H3,(H2,18,19,20). The molecular formula is C14H13Cl2N3O. The summed E-state index contributed by atoms with van der Waals surface area (Å²) in [4.78, 5) is 16.3. The number of hydrogen-bond acceptors (Lipinski definition) is 2. The number of fused-ring (bicyclic) bond motifs is 2. The maximum absolute atomic E-state index is 11.8. The topological polar surface area (TPSA) is 61.5 Å². The highest BCUT2D eigenvalue weighted by molar-refractivity contribution is 6.39. The van der Waals surface area contributed by atoms with E-state index in [0.717, 1.165) is 22.0 Å². The largest absolute Gasteiger partial charge is 0.297 e. The summed E-state index contributed by atoms with van der Waals surface area (Å²) in [6.07, 6.45) is 0. The van der Waals surface area contributed by atoms with Crippen molar-refractivity contribution >= 4 is 45.0 Å². The smallest absolute Gasteiger partial charge is 0.271 e. The quantitative estimate of drug-likeness (QED) is 0.663. The van der Waals surface area contributed by atoms with Gasteiger partial charge in [-0.1, -0.05) is 37.0 Å². The molecule has 0 bridgehead atoms. The summed E-state index contributed by atoms with van der Waals surface area (Å²) in [6.45, 7) is 5.91. The number of benzene rings is 1. The van der Waals surface area contributed by atoms with Crippen molar-refractivity contribution in [3.63, 3.8) is 0 Å². The molecule has 104 valence electrons. The minimum atomic E-state index is -0.165. The van der Waals surface area contributed by atoms with Crippen LogP contribution in [0.3, 0.4) is 0 Å². The van der Waals surface area contributed by atoms with Crippen molar-refractivity contribution < 1.29 is 0 Å². The van der Waals surface area contributed by atoms with Crippen LogP contribution in [0.1, 0.15) is 30.9 Å². The van der Waals surface area contributed by atoms with E-state index in [9.17, 15) is 4.79 Å². The second-order valence-corrected chi connectivity index (χ2v) is 5.92. The van der Waals surface area contributed by atoms with Crippen LogP contribution in [0, 0.1) is 6.92 Å². The van der Waals surface area contributed by atoms with Gasteiger partial charge in [0.25, 0.3) is 5.56 Å². The summed E-state index contributed by atoms with van der Waals surface area (Å²) in [5.74, 6) is 0.160. The Hall–Kier alpha value is -1.52. The van der Waals surface area contributed by atoms with Gasteiger partial charge in [0.05, 0.1) is 21.4 Å². The predicted molar refractivity (Wildman–Crippen MR) is 83.1 cm³/mol. The van der Waals surface area contributed by atoms with Gasteiger partial charge in [0.15, 0.2) is 0 Å². The van der Waals surface area contributed by atoms with E-state index in [1.165, 1.54) is 0 Å². The summed E-state index contributed by atoms with van der Waals surface area (Å²) in [6, 6.07) is 1.77. The maximum atomic E-state index is 11.8. The lowest BCUT2D eigenvalue weighted by molar-refractivity contribution is 0.862. The van der Waals surface area contributed by atoms with E-state index in [1.54, 1.807) is 6.07 Å². The second kappa shape index (κ2) is 4.50. The van der Waals surface area contributed by atoms with Gasteiger partial charge in [0.2, 0.25) is 0 Å². The number of aromatic nitrogens is 3. The van der Waals surface area contributed by atoms with Crippen molar-refractivity contribution in [1.82, 2.24) is 15.2 Å². The Balaban J connectivity index is 2.57. The number of aromatic amines is 2. The Kier molecular flexibility index (Phi) is 3.03. The molecule has 2 N–H and O–H groups in total. The van der Waals surface area contributed by atoms with Crippen LogP contribution in [0.5, 0.6) is 0 Å². The molecule has 0 aliphatic carbocycles. The predicted octanol–water partition coefficient (Wildman–Crippen LogP) is 4.14. The molecule has 0 aliphatic heterocycles. The van der Waals surface area contributed by atoms with Crippen LogP contribution < -0.4 is 5.56 Å². The number of rotatable bonds is 1. The lowest BCUT2D eigenvalue weighted by atomic mass is 10.0. The first-order valence-electron chi connectivity index (χ1n) is 6.30. The molecule has 0 radical (unpaired) electrons. The first-order valence-corrected chi connectivity index (χ1v) is 7.06. The third kappa shape index (κ3) is 1.75. The number of halogens is 2. The first-order chi connectivity index (χ1) is 9.41. The molecule has 6 heteroatoms. The Morgan fingerprint density at radius 2 is 1.90 bits per heavy atom. The van der Waals surface area contributed by atoms with Crippen molar-refractivity contribution in [2.24, 2.45) is 0 Å². The minimum Gasteiger partial charge on any atom is -0.297 e. The fraction of sp³-hybridized carbons (Fsp3) is 0.286. The van der Waals surface area contributed by atoms with Gasteiger partial charge in [0.1, 0.15) is 5.15 Å². The lowest BCUT2D eigenvalue weighted by Gasteiger charge is -2.14. The van der Waals surface area contributed by atoms with Crippen LogP contribution in [-0.4, -0.2) is 15.2 Å². The molecule has 0 fully saturated rings. The monoisotopic (exact) mass is 309 g/mol. The van der Waals surface area contributed by atoms with Gasteiger partial charge in [-0.2, -0.15) is 0 Å². The normalized spacial score (nSPS) is 11.9. The van der Waals surface area contributed by atoms with Gasteiger partial charge < -0.3 is 0 Å². The highest BCUT2D eigenvalue weighted by atomic mass is 35.5. The fourth-order valence-electron chi connectivity index (χ4n) is 2.53. The molecule has 0 unspecified atom stereocenters. The SMILES string of the molecule is Cc1c2nc(Cl)c(C(C)C)c(Cl)c2cc2c(=O)[nH][nH]c12. The van der Waals surface area contributed by atoms with Crippen molar-refractivity contribution in [1.29, 1.82) is 0 Å². The molecule has 20 heavy (non-hydrogen) atoms. The summed E-state index contributed by atoms with van der Waals surface area (Å²) < 4.78 is 0. The van der Waals surface area contributed by atoms with E-state index < -0.39 is 0 Å². The highest BCUT2D eigenvalue weighted by Gasteiger charge is 2.18. The Morgan fingerprint density at radius 1 is 1.20 bits per heavy atom. The summed E-state index contributed by atoms with van der Waals surface area (Å²) in [5, 5.41) is 7.76. The van der Waals surface area contributed by atoms with Crippen molar-refractivity contribution in [2.75, 3.05) is 0 Å². The van der Waals surface area contributed by atoms with E-state index in [-0.39, 0.29) is 11.5 Å². The molecule has 0 saturated carbocycles. The molecule has 2 aromatic heterocycles. The van der Waals surface area contributed by atoms with Gasteiger partial charge in [-0.3, -0.25) is 15.0 Å². The van der Waals surface area contributed by atoms with Crippen molar-refractivity contribution in [3.05, 3.63) is 37.7 Å². The van der Waals surface area contributed by atoms with Gasteiger partial charge in [-0.15, -0.1) is 0 Å². The zero-order valence-electron chi connectivity index (χ0n) is 11.3. The molecule has 0 aliphatic rings. The van der Waals surface area contributed by atoms with E-state index in [1.807, 2.05) is 20.8 Å². The molecular weight excluding hydrogens is 297 g/mol. The summed E-state index contributed by atoms with van der Waals surface area (Å²) >= 11 is 12.7. The molecule has 3 aromatic rings. The third-order valence-corrected chi connectivity index (χ3v) is 4.27. The number of nitrogens with zero attached hydrogens (tertiary/aromatic N) is 1. The zero-order valence-corrected chi connectivity index (χ0v) is 12.8. The number of nitrogens with one attached hydrogen (secondary N) is 2. The van der Waals surface area contributed by atoms with E-state index in [4.69, 9.17) is 23.2 Å². The fourth-order valence-corrected chi connectivity index (χ4v) is 3.43. The molecule has 1 aromatic carbocycles. The first kappa shape index (κ1) is 13.5. The summed E-state index contributed by atoms with van der Waals surface area (Å²) in [5.41, 5.74) is 2.95. The van der Waals surface area contributed by atoms with Gasteiger partial charge >= 0.3 is 0 Å². The Morgan fingerprint density at radius 3 is 2.55 bits per heavy atom. The summed E-state index contributed by atoms with van der Waals surface area (Å²) in [7, 11) is 0. The van der Waals surface area contributed by atoms with Crippen LogP contribution in [0.25, 0.3) is 21.8 Å². The molecule has 4 nitrogen and oxygen atoms in total. The number of hydrogen-bond donors (Lipinski definition) is 2. The highest BCUT2D eigenvalue weighted by Crippen LogP contribution is 2.37. The van der Waals surface area contributed by atoms with Gasteiger partial charge in [-0.25, -0.2) is 4.98 Å². The van der Waals surface area contributed by atoms with E-state index >= 15 is 0 Å². The van der Waals surface area contributed by atoms with Crippen molar-refractivity contribution in [2.45, 2.75) is 26.7 Å². The Labute approximate surface area is 125 Å².